The van der Waals surface area contributed by atoms with Gasteiger partial charge in [-0.1, -0.05) is 60.1 Å². The number of hydrogen-bond donors (Lipinski definition) is 1. The van der Waals surface area contributed by atoms with Crippen molar-refractivity contribution in [3.8, 4) is 27.3 Å². The van der Waals surface area contributed by atoms with E-state index in [1.54, 1.807) is 11.3 Å². The summed E-state index contributed by atoms with van der Waals surface area (Å²) in [5.41, 5.74) is 6.44. The van der Waals surface area contributed by atoms with Gasteiger partial charge in [0.25, 0.3) is 0 Å². The zero-order chi connectivity index (χ0) is 26.3. The number of rotatable bonds is 9. The van der Waals surface area contributed by atoms with Crippen molar-refractivity contribution >= 4 is 35.1 Å². The second-order valence-electron chi connectivity index (χ2n) is 9.42. The summed E-state index contributed by atoms with van der Waals surface area (Å²) in [5.74, 6) is 0.894. The molecule has 4 aromatic rings. The van der Waals surface area contributed by atoms with Crippen LogP contribution in [0.15, 0.2) is 96.0 Å². The number of carbonyl (C=O) groups excluding carboxylic acids is 1. The van der Waals surface area contributed by atoms with Gasteiger partial charge in [-0.05, 0) is 58.8 Å². The lowest BCUT2D eigenvalue weighted by atomic mass is 9.99. The molecule has 0 fully saturated rings. The van der Waals surface area contributed by atoms with E-state index in [1.807, 2.05) is 72.9 Å². The lowest BCUT2D eigenvalue weighted by Gasteiger charge is -2.19. The second kappa shape index (κ2) is 12.2. The van der Waals surface area contributed by atoms with E-state index in [4.69, 9.17) is 16.3 Å². The topological polar surface area (TPSA) is 43.5 Å². The molecule has 0 aliphatic carbocycles. The maximum atomic E-state index is 13.0. The van der Waals surface area contributed by atoms with E-state index in [2.05, 4.69) is 40.7 Å². The summed E-state index contributed by atoms with van der Waals surface area (Å²) in [6.07, 6.45) is 6.38. The molecule has 3 aromatic carbocycles. The number of nitrogens with zero attached hydrogens (tertiary/aromatic N) is 1. The minimum absolute atomic E-state index is 0.107. The molecule has 0 spiro atoms. The predicted octanol–water partition coefficient (Wildman–Crippen LogP) is 6.14. The zero-order valence-corrected chi connectivity index (χ0v) is 22.9. The first kappa shape index (κ1) is 26.0. The van der Waals surface area contributed by atoms with Crippen LogP contribution in [0.5, 0.6) is 5.75 Å². The Labute approximate surface area is 232 Å². The van der Waals surface area contributed by atoms with Crippen LogP contribution in [-0.4, -0.2) is 30.6 Å². The Morgan fingerprint density at radius 2 is 1.84 bits per heavy atom. The molecule has 4 nitrogen and oxygen atoms in total. The molecule has 1 aromatic heterocycles. The van der Waals surface area contributed by atoms with Crippen molar-refractivity contribution < 1.29 is 14.5 Å². The van der Waals surface area contributed by atoms with Crippen LogP contribution >= 0.6 is 22.9 Å². The summed E-state index contributed by atoms with van der Waals surface area (Å²) in [5, 5.41) is 2.74. The third kappa shape index (κ3) is 6.42. The highest BCUT2D eigenvalue weighted by atomic mass is 35.5. The first-order valence-corrected chi connectivity index (χ1v) is 14.0. The van der Waals surface area contributed by atoms with E-state index in [1.165, 1.54) is 5.57 Å². The Morgan fingerprint density at radius 3 is 2.66 bits per heavy atom. The molecule has 0 radical (unpaired) electrons. The van der Waals surface area contributed by atoms with Gasteiger partial charge in [0.15, 0.2) is 6.20 Å². The lowest BCUT2D eigenvalue weighted by Crippen LogP contribution is -2.63. The van der Waals surface area contributed by atoms with Crippen LogP contribution in [-0.2, 0) is 17.8 Å². The minimum atomic E-state index is 0.107. The molecule has 0 atom stereocenters. The molecule has 1 N–H and O–H groups in total. The number of halogens is 1. The Morgan fingerprint density at radius 1 is 1.00 bits per heavy atom. The van der Waals surface area contributed by atoms with Gasteiger partial charge in [0.05, 0.1) is 6.42 Å². The third-order valence-electron chi connectivity index (χ3n) is 6.56. The van der Waals surface area contributed by atoms with Crippen LogP contribution < -0.4 is 9.73 Å². The lowest BCUT2D eigenvalue weighted by molar-refractivity contribution is -0.371. The van der Waals surface area contributed by atoms with Gasteiger partial charge in [-0.15, -0.1) is 11.3 Å². The number of nitrogens with one attached hydrogen (secondary N) is 1. The monoisotopic (exact) mass is 541 g/mol. The standard InChI is InChI=1S/C32H29ClN2O2S/c1-35(21-25-10-6-15-34-20-25)31(36)18-24-9-5-11-26(17-24)32-28(14-16-38-32)29-19-27(33)12-13-30(29)37-22-23-7-3-2-4-8-23/h2-5,7-9,11-17,19-20H,6,10,18,21-22H2,1H3/p+1. The predicted molar refractivity (Wildman–Crippen MR) is 157 cm³/mol. The fourth-order valence-electron chi connectivity index (χ4n) is 4.56. The molecule has 192 valence electrons. The van der Waals surface area contributed by atoms with E-state index in [-0.39, 0.29) is 5.91 Å². The van der Waals surface area contributed by atoms with Gasteiger partial charge in [0, 0.05) is 46.6 Å². The summed E-state index contributed by atoms with van der Waals surface area (Å²) >= 11 is 8.10. The molecule has 0 saturated carbocycles. The molecule has 0 saturated heterocycles. The Hall–Kier alpha value is -3.67. The molecule has 6 heteroatoms. The number of benzene rings is 3. The molecular formula is C32H30ClN2O2S+. The molecule has 38 heavy (non-hydrogen) atoms. The smallest absolute Gasteiger partial charge is 0.227 e. The van der Waals surface area contributed by atoms with Gasteiger partial charge in [-0.2, -0.15) is 0 Å². The Bertz CT molecular complexity index is 1480. The number of amides is 1. The highest BCUT2D eigenvalue weighted by Crippen LogP contribution is 2.42. The second-order valence-corrected chi connectivity index (χ2v) is 10.8. The maximum absolute atomic E-state index is 13.0. The van der Waals surface area contributed by atoms with Crippen LogP contribution in [0.3, 0.4) is 0 Å². The molecule has 2 heterocycles. The van der Waals surface area contributed by atoms with E-state index < -0.39 is 0 Å². The van der Waals surface area contributed by atoms with Crippen LogP contribution in [0.4, 0.5) is 0 Å². The van der Waals surface area contributed by atoms with Gasteiger partial charge in [-0.25, -0.2) is 4.99 Å². The van der Waals surface area contributed by atoms with E-state index in [0.717, 1.165) is 51.3 Å². The fourth-order valence-corrected chi connectivity index (χ4v) is 5.64. The van der Waals surface area contributed by atoms with Crippen molar-refractivity contribution in [1.82, 2.24) is 4.90 Å². The summed E-state index contributed by atoms with van der Waals surface area (Å²) in [6.45, 7) is 1.13. The average molecular weight is 542 g/mol. The molecule has 0 bridgehead atoms. The molecule has 1 aliphatic heterocycles. The van der Waals surface area contributed by atoms with Gasteiger partial charge in [-0.3, -0.25) is 4.79 Å². The first-order valence-electron chi connectivity index (χ1n) is 12.7. The van der Waals surface area contributed by atoms with E-state index in [9.17, 15) is 4.79 Å². The minimum Gasteiger partial charge on any atom is -0.488 e. The molecule has 0 unspecified atom stereocenters. The van der Waals surface area contributed by atoms with Gasteiger partial charge >= 0.3 is 0 Å². The van der Waals surface area contributed by atoms with Crippen molar-refractivity contribution in [1.29, 1.82) is 0 Å². The van der Waals surface area contributed by atoms with Crippen molar-refractivity contribution in [3.63, 3.8) is 0 Å². The normalized spacial score (nSPS) is 12.7. The van der Waals surface area contributed by atoms with Crippen LogP contribution in [0.2, 0.25) is 5.02 Å². The highest BCUT2D eigenvalue weighted by Gasteiger charge is 2.17. The SMILES string of the molecule is CN(CC1=C[NH+]=CCC1)C(=O)Cc1cccc(-c2sccc2-c2cc(Cl)ccc2OCc2ccccc2)c1. The maximum Gasteiger partial charge on any atom is 0.227 e. The largest absolute Gasteiger partial charge is 0.488 e. The van der Waals surface area contributed by atoms with Crippen molar-refractivity contribution in [3.05, 3.63) is 112 Å². The summed E-state index contributed by atoms with van der Waals surface area (Å²) in [4.78, 5) is 19.1. The average Bonchev–Trinajstić information content (AvgIpc) is 3.44. The van der Waals surface area contributed by atoms with Gasteiger partial charge < -0.3 is 9.64 Å². The van der Waals surface area contributed by atoms with Gasteiger partial charge in [0.2, 0.25) is 5.91 Å². The Kier molecular flexibility index (Phi) is 8.37. The molecule has 5 rings (SSSR count). The summed E-state index contributed by atoms with van der Waals surface area (Å²) < 4.78 is 6.24. The first-order chi connectivity index (χ1) is 18.6. The number of hydrogen-bond acceptors (Lipinski definition) is 3. The number of ether oxygens (including phenoxy) is 1. The quantitative estimate of drug-likeness (QED) is 0.276. The van der Waals surface area contributed by atoms with Crippen molar-refractivity contribution in [2.24, 2.45) is 0 Å². The van der Waals surface area contributed by atoms with Crippen molar-refractivity contribution in [2.45, 2.75) is 25.9 Å². The molecule has 1 aliphatic rings. The van der Waals surface area contributed by atoms with Gasteiger partial charge in [0.1, 0.15) is 18.6 Å². The molecule has 1 amide bonds. The summed E-state index contributed by atoms with van der Waals surface area (Å²) in [7, 11) is 1.87. The van der Waals surface area contributed by atoms with E-state index >= 15 is 0 Å². The fraction of sp³-hybridized carbons (Fsp3) is 0.188. The number of carbonyl (C=O) groups is 1. The third-order valence-corrected chi connectivity index (χ3v) is 7.76. The number of likely N-dealkylation sites (N-methyl/N-ethyl adjacent to an activating group) is 1. The highest BCUT2D eigenvalue weighted by molar-refractivity contribution is 7.14. The molecular weight excluding hydrogens is 512 g/mol. The van der Waals surface area contributed by atoms with Crippen LogP contribution in [0.25, 0.3) is 21.6 Å². The zero-order valence-electron chi connectivity index (χ0n) is 21.3. The van der Waals surface area contributed by atoms with Crippen LogP contribution in [0.1, 0.15) is 24.0 Å². The Balaban J connectivity index is 1.36. The summed E-state index contributed by atoms with van der Waals surface area (Å²) in [6, 6.07) is 26.2. The van der Waals surface area contributed by atoms with E-state index in [0.29, 0.717) is 24.6 Å². The van der Waals surface area contributed by atoms with Crippen LogP contribution in [0, 0.1) is 0 Å². The van der Waals surface area contributed by atoms with Crippen molar-refractivity contribution in [2.75, 3.05) is 13.6 Å². The number of thiophene rings is 1.